The number of esters is 1. The van der Waals surface area contributed by atoms with Gasteiger partial charge in [0.25, 0.3) is 0 Å². The molecule has 1 N–H and O–H groups in total. The highest BCUT2D eigenvalue weighted by molar-refractivity contribution is 6.37. The summed E-state index contributed by atoms with van der Waals surface area (Å²) in [5.41, 5.74) is 3.10. The summed E-state index contributed by atoms with van der Waals surface area (Å²) < 4.78 is 4.66. The minimum absolute atomic E-state index is 0.194. The Kier molecular flexibility index (Phi) is 4.39. The minimum Gasteiger partial charge on any atom is -0.459 e. The van der Waals surface area contributed by atoms with Crippen molar-refractivity contribution >= 4 is 17.6 Å². The lowest BCUT2D eigenvalue weighted by Gasteiger charge is -2.18. The number of rotatable bonds is 3. The van der Waals surface area contributed by atoms with Gasteiger partial charge in [0.2, 0.25) is 0 Å². The molecular weight excluding hydrogens is 256 g/mol. The van der Waals surface area contributed by atoms with Crippen LogP contribution in [0.25, 0.3) is 0 Å². The first-order valence-corrected chi connectivity index (χ1v) is 6.85. The molecule has 0 atom stereocenters. The van der Waals surface area contributed by atoms with Crippen LogP contribution in [0, 0.1) is 0 Å². The average molecular weight is 276 g/mol. The Morgan fingerprint density at radius 3 is 2.65 bits per heavy atom. The van der Waals surface area contributed by atoms with Crippen LogP contribution in [0.2, 0.25) is 0 Å². The number of nitrogens with one attached hydrogen (secondary N) is 1. The molecule has 0 spiro atoms. The summed E-state index contributed by atoms with van der Waals surface area (Å²) in [6.45, 7) is 7.99. The zero-order valence-corrected chi connectivity index (χ0v) is 12.1. The van der Waals surface area contributed by atoms with Crippen molar-refractivity contribution in [2.75, 3.05) is 11.9 Å². The second kappa shape index (κ2) is 6.05. The topological polar surface area (TPSA) is 58.6 Å². The summed E-state index contributed by atoms with van der Waals surface area (Å²) in [5, 5.41) is 2.57. The molecule has 2 rings (SSSR count). The van der Waals surface area contributed by atoms with Gasteiger partial charge in [-0.2, -0.15) is 0 Å². The van der Waals surface area contributed by atoms with E-state index < -0.39 is 11.9 Å². The molecule has 0 aliphatic carbocycles. The van der Waals surface area contributed by atoms with E-state index in [1.54, 1.807) is 6.92 Å². The summed E-state index contributed by atoms with van der Waals surface area (Å²) in [6, 6.07) is 6.23. The normalized spacial score (nSPS) is 14.2. The van der Waals surface area contributed by atoms with E-state index >= 15 is 0 Å². The Bertz CT molecular complexity index is 526. The third-order valence-electron chi connectivity index (χ3n) is 3.40. The molecule has 0 fully saturated rings. The van der Waals surface area contributed by atoms with Crippen LogP contribution in [-0.4, -0.2) is 29.4 Å². The van der Waals surface area contributed by atoms with Crippen LogP contribution in [-0.2, 0) is 27.4 Å². The van der Waals surface area contributed by atoms with Gasteiger partial charge in [-0.15, -0.1) is 0 Å². The Hall–Kier alpha value is -1.88. The van der Waals surface area contributed by atoms with Crippen LogP contribution in [0.15, 0.2) is 18.2 Å². The van der Waals surface area contributed by atoms with E-state index in [4.69, 9.17) is 0 Å². The lowest BCUT2D eigenvalue weighted by molar-refractivity contribution is -0.152. The summed E-state index contributed by atoms with van der Waals surface area (Å²) in [7, 11) is 0. The Balaban J connectivity index is 2.05. The number of hydrogen-bond acceptors (Lipinski definition) is 4. The Morgan fingerprint density at radius 2 is 2.00 bits per heavy atom. The Morgan fingerprint density at radius 1 is 1.30 bits per heavy atom. The van der Waals surface area contributed by atoms with Crippen molar-refractivity contribution in [2.45, 2.75) is 39.9 Å². The van der Waals surface area contributed by atoms with Crippen molar-refractivity contribution < 1.29 is 14.3 Å². The highest BCUT2D eigenvalue weighted by atomic mass is 16.5. The van der Waals surface area contributed by atoms with E-state index in [-0.39, 0.29) is 6.61 Å². The fraction of sp³-hybridized carbons (Fsp3) is 0.467. The van der Waals surface area contributed by atoms with Gasteiger partial charge in [-0.1, -0.05) is 6.07 Å². The fourth-order valence-electron chi connectivity index (χ4n) is 2.24. The largest absolute Gasteiger partial charge is 0.459 e. The van der Waals surface area contributed by atoms with Gasteiger partial charge < -0.3 is 10.1 Å². The lowest BCUT2D eigenvalue weighted by atomic mass is 10.1. The van der Waals surface area contributed by atoms with Crippen LogP contribution in [0.1, 0.15) is 31.9 Å². The number of anilines is 1. The van der Waals surface area contributed by atoms with Crippen molar-refractivity contribution in [3.05, 3.63) is 29.3 Å². The van der Waals surface area contributed by atoms with E-state index in [0.29, 0.717) is 11.7 Å². The number of benzene rings is 1. The van der Waals surface area contributed by atoms with E-state index in [2.05, 4.69) is 28.8 Å². The monoisotopic (exact) mass is 276 g/mol. The zero-order valence-electron chi connectivity index (χ0n) is 12.1. The number of carbonyl (C=O) groups is 2. The quantitative estimate of drug-likeness (QED) is 0.677. The average Bonchev–Trinajstić information content (AvgIpc) is 2.82. The Labute approximate surface area is 118 Å². The van der Waals surface area contributed by atoms with Crippen LogP contribution >= 0.6 is 0 Å². The summed E-state index contributed by atoms with van der Waals surface area (Å²) in [4.78, 5) is 25.2. The molecule has 0 unspecified atom stereocenters. The van der Waals surface area contributed by atoms with Gasteiger partial charge in [0.15, 0.2) is 0 Å². The summed E-state index contributed by atoms with van der Waals surface area (Å²) >= 11 is 0. The maximum atomic E-state index is 11.6. The molecule has 0 saturated carbocycles. The predicted molar refractivity (Wildman–Crippen MR) is 76.1 cm³/mol. The molecule has 1 amide bonds. The molecule has 0 radical (unpaired) electrons. The maximum Gasteiger partial charge on any atom is 0.397 e. The van der Waals surface area contributed by atoms with E-state index in [0.717, 1.165) is 13.1 Å². The van der Waals surface area contributed by atoms with E-state index in [1.807, 2.05) is 18.2 Å². The number of hydrogen-bond donors (Lipinski definition) is 1. The van der Waals surface area contributed by atoms with Gasteiger partial charge in [-0.05, 0) is 44.0 Å². The number of amides is 1. The molecular formula is C15H20N2O3. The van der Waals surface area contributed by atoms with Gasteiger partial charge in [0.05, 0.1) is 6.61 Å². The molecule has 5 heteroatoms. The molecule has 5 nitrogen and oxygen atoms in total. The van der Waals surface area contributed by atoms with Crippen LogP contribution in [0.4, 0.5) is 5.69 Å². The number of fused-ring (bicyclic) bond motifs is 1. The molecule has 1 aromatic rings. The number of nitrogens with zero attached hydrogens (tertiary/aromatic N) is 1. The standard InChI is InChI=1S/C15H20N2O3/c1-4-20-15(19)14(18)16-13-6-5-11-8-17(10(2)3)9-12(11)7-13/h5-7,10H,4,8-9H2,1-3H3,(H,16,18). The molecule has 1 aliphatic heterocycles. The van der Waals surface area contributed by atoms with Gasteiger partial charge >= 0.3 is 11.9 Å². The first-order valence-electron chi connectivity index (χ1n) is 6.85. The minimum atomic E-state index is -0.850. The highest BCUT2D eigenvalue weighted by Gasteiger charge is 2.22. The summed E-state index contributed by atoms with van der Waals surface area (Å²) in [5.74, 6) is -1.58. The number of ether oxygens (including phenoxy) is 1. The van der Waals surface area contributed by atoms with Crippen molar-refractivity contribution in [1.29, 1.82) is 0 Å². The van der Waals surface area contributed by atoms with Crippen molar-refractivity contribution in [1.82, 2.24) is 4.90 Å². The van der Waals surface area contributed by atoms with Crippen LogP contribution in [0.5, 0.6) is 0 Å². The van der Waals surface area contributed by atoms with Crippen LogP contribution < -0.4 is 5.32 Å². The molecule has 0 saturated heterocycles. The van der Waals surface area contributed by atoms with Crippen molar-refractivity contribution in [3.63, 3.8) is 0 Å². The van der Waals surface area contributed by atoms with Gasteiger partial charge in [0.1, 0.15) is 0 Å². The highest BCUT2D eigenvalue weighted by Crippen LogP contribution is 2.27. The van der Waals surface area contributed by atoms with Gasteiger partial charge in [-0.3, -0.25) is 9.69 Å². The first-order chi connectivity index (χ1) is 9.51. The van der Waals surface area contributed by atoms with Crippen molar-refractivity contribution in [3.8, 4) is 0 Å². The SMILES string of the molecule is CCOC(=O)C(=O)Nc1ccc2c(c1)CN(C(C)C)C2. The number of carbonyl (C=O) groups excluding carboxylic acids is 2. The lowest BCUT2D eigenvalue weighted by Crippen LogP contribution is -2.25. The van der Waals surface area contributed by atoms with Gasteiger partial charge in [-0.25, -0.2) is 4.79 Å². The predicted octanol–water partition coefficient (Wildman–Crippen LogP) is 1.91. The third kappa shape index (κ3) is 3.17. The molecule has 1 heterocycles. The molecule has 1 aliphatic rings. The molecule has 108 valence electrons. The molecule has 0 aromatic heterocycles. The van der Waals surface area contributed by atoms with Crippen molar-refractivity contribution in [2.24, 2.45) is 0 Å². The molecule has 0 bridgehead atoms. The second-order valence-electron chi connectivity index (χ2n) is 5.16. The zero-order chi connectivity index (χ0) is 14.7. The first kappa shape index (κ1) is 14.5. The summed E-state index contributed by atoms with van der Waals surface area (Å²) in [6.07, 6.45) is 0. The van der Waals surface area contributed by atoms with Crippen LogP contribution in [0.3, 0.4) is 0 Å². The molecule has 20 heavy (non-hydrogen) atoms. The molecule has 1 aromatic carbocycles. The van der Waals surface area contributed by atoms with E-state index in [1.165, 1.54) is 11.1 Å². The van der Waals surface area contributed by atoms with E-state index in [9.17, 15) is 9.59 Å². The van der Waals surface area contributed by atoms with Gasteiger partial charge in [0, 0.05) is 24.8 Å². The maximum absolute atomic E-state index is 11.6. The second-order valence-corrected chi connectivity index (χ2v) is 5.16. The smallest absolute Gasteiger partial charge is 0.397 e. The third-order valence-corrected chi connectivity index (χ3v) is 3.40. The fourth-order valence-corrected chi connectivity index (χ4v) is 2.24.